The van der Waals surface area contributed by atoms with Crippen molar-refractivity contribution in [1.82, 2.24) is 0 Å². The normalized spacial score (nSPS) is 10.6. The molecule has 0 heterocycles. The highest BCUT2D eigenvalue weighted by molar-refractivity contribution is 5.81. The van der Waals surface area contributed by atoms with Gasteiger partial charge in [-0.25, -0.2) is 0 Å². The lowest BCUT2D eigenvalue weighted by Gasteiger charge is -2.27. The molecule has 0 atom stereocenters. The molecule has 2 heteroatoms. The van der Waals surface area contributed by atoms with Gasteiger partial charge in [-0.1, -0.05) is 48.5 Å². The maximum absolute atomic E-state index is 5.34. The van der Waals surface area contributed by atoms with Crippen LogP contribution in [0.5, 0.6) is 5.75 Å². The summed E-state index contributed by atoms with van der Waals surface area (Å²) in [7, 11) is 1.69. The van der Waals surface area contributed by atoms with E-state index in [0.29, 0.717) is 0 Å². The van der Waals surface area contributed by atoms with Crippen molar-refractivity contribution in [1.29, 1.82) is 0 Å². The lowest BCUT2D eigenvalue weighted by atomic mass is 9.94. The molecule has 0 aliphatic rings. The molecule has 0 aromatic heterocycles. The maximum Gasteiger partial charge on any atom is 0.119 e. The molecular formula is C27H25NO. The van der Waals surface area contributed by atoms with Gasteiger partial charge in [-0.05, 0) is 84.6 Å². The van der Waals surface area contributed by atoms with Gasteiger partial charge in [-0.3, -0.25) is 0 Å². The monoisotopic (exact) mass is 379 g/mol. The standard InChI is InChI=1S/C27H25NO/c1-20-18-25(19-21(2)27(20)22-10-6-4-7-11-22)28(23-12-8-5-9-13-23)24-14-16-26(29-3)17-15-24/h4-19H,1-3H3. The highest BCUT2D eigenvalue weighted by Gasteiger charge is 2.15. The Morgan fingerprint density at radius 1 is 0.586 bits per heavy atom. The molecule has 0 unspecified atom stereocenters. The van der Waals surface area contributed by atoms with Gasteiger partial charge in [0.2, 0.25) is 0 Å². The number of nitrogens with zero attached hydrogens (tertiary/aromatic N) is 1. The van der Waals surface area contributed by atoms with Crippen LogP contribution in [0.4, 0.5) is 17.1 Å². The molecule has 29 heavy (non-hydrogen) atoms. The van der Waals surface area contributed by atoms with Crippen molar-refractivity contribution in [3.05, 3.63) is 108 Å². The Morgan fingerprint density at radius 3 is 1.66 bits per heavy atom. The number of ether oxygens (including phenoxy) is 1. The zero-order valence-corrected chi connectivity index (χ0v) is 17.1. The van der Waals surface area contributed by atoms with Crippen LogP contribution in [0.25, 0.3) is 11.1 Å². The molecule has 0 aliphatic carbocycles. The Labute approximate surface area is 173 Å². The number of rotatable bonds is 5. The summed E-state index contributed by atoms with van der Waals surface area (Å²) >= 11 is 0. The van der Waals surface area contributed by atoms with Gasteiger partial charge in [-0.2, -0.15) is 0 Å². The molecule has 4 aromatic rings. The summed E-state index contributed by atoms with van der Waals surface area (Å²) in [6, 6.07) is 33.8. The smallest absolute Gasteiger partial charge is 0.119 e. The van der Waals surface area contributed by atoms with Gasteiger partial charge in [0.1, 0.15) is 5.75 Å². The lowest BCUT2D eigenvalue weighted by Crippen LogP contribution is -2.10. The third-order valence-corrected chi connectivity index (χ3v) is 5.18. The number of benzene rings is 4. The zero-order valence-electron chi connectivity index (χ0n) is 17.1. The van der Waals surface area contributed by atoms with Crippen molar-refractivity contribution >= 4 is 17.1 Å². The fourth-order valence-corrected chi connectivity index (χ4v) is 3.89. The Kier molecular flexibility index (Phi) is 5.35. The van der Waals surface area contributed by atoms with Crippen molar-refractivity contribution in [2.24, 2.45) is 0 Å². The first-order valence-corrected chi connectivity index (χ1v) is 9.83. The molecule has 0 bridgehead atoms. The van der Waals surface area contributed by atoms with Gasteiger partial charge >= 0.3 is 0 Å². The quantitative estimate of drug-likeness (QED) is 0.357. The van der Waals surface area contributed by atoms with Gasteiger partial charge in [0.15, 0.2) is 0 Å². The van der Waals surface area contributed by atoms with Crippen LogP contribution in [0.2, 0.25) is 0 Å². The van der Waals surface area contributed by atoms with E-state index in [1.165, 1.54) is 22.3 Å². The molecule has 0 saturated carbocycles. The molecule has 0 aliphatic heterocycles. The second-order valence-corrected chi connectivity index (χ2v) is 7.19. The van der Waals surface area contributed by atoms with E-state index in [2.05, 4.69) is 97.6 Å². The Balaban J connectivity index is 1.85. The Hall–Kier alpha value is -3.52. The maximum atomic E-state index is 5.34. The molecule has 0 amide bonds. The molecule has 144 valence electrons. The highest BCUT2D eigenvalue weighted by Crippen LogP contribution is 2.39. The first kappa shape index (κ1) is 18.8. The summed E-state index contributed by atoms with van der Waals surface area (Å²) in [5.41, 5.74) is 8.46. The van der Waals surface area contributed by atoms with E-state index in [-0.39, 0.29) is 0 Å². The number of hydrogen-bond donors (Lipinski definition) is 0. The van der Waals surface area contributed by atoms with Crippen LogP contribution >= 0.6 is 0 Å². The van der Waals surface area contributed by atoms with E-state index in [1.54, 1.807) is 7.11 Å². The molecule has 0 N–H and O–H groups in total. The van der Waals surface area contributed by atoms with E-state index in [0.717, 1.165) is 22.8 Å². The number of para-hydroxylation sites is 1. The molecule has 4 aromatic carbocycles. The summed E-state index contributed by atoms with van der Waals surface area (Å²) in [6.45, 7) is 4.38. The summed E-state index contributed by atoms with van der Waals surface area (Å²) < 4.78 is 5.34. The van der Waals surface area contributed by atoms with Gasteiger partial charge in [0, 0.05) is 17.1 Å². The van der Waals surface area contributed by atoms with Crippen molar-refractivity contribution < 1.29 is 4.74 Å². The van der Waals surface area contributed by atoms with E-state index in [9.17, 15) is 0 Å². The second-order valence-electron chi connectivity index (χ2n) is 7.19. The van der Waals surface area contributed by atoms with Crippen molar-refractivity contribution in [3.8, 4) is 16.9 Å². The molecule has 4 rings (SSSR count). The fourth-order valence-electron chi connectivity index (χ4n) is 3.89. The van der Waals surface area contributed by atoms with E-state index >= 15 is 0 Å². The van der Waals surface area contributed by atoms with Gasteiger partial charge in [0.25, 0.3) is 0 Å². The van der Waals surface area contributed by atoms with Crippen LogP contribution in [-0.4, -0.2) is 7.11 Å². The molecule has 0 radical (unpaired) electrons. The van der Waals surface area contributed by atoms with Crippen LogP contribution in [0, 0.1) is 13.8 Å². The third kappa shape index (κ3) is 3.88. The summed E-state index contributed by atoms with van der Waals surface area (Å²) in [6.07, 6.45) is 0. The highest BCUT2D eigenvalue weighted by atomic mass is 16.5. The largest absolute Gasteiger partial charge is 0.497 e. The molecule has 2 nitrogen and oxygen atoms in total. The van der Waals surface area contributed by atoms with Crippen LogP contribution in [-0.2, 0) is 0 Å². The number of anilines is 3. The molecule has 0 spiro atoms. The van der Waals surface area contributed by atoms with Crippen molar-refractivity contribution in [2.45, 2.75) is 13.8 Å². The topological polar surface area (TPSA) is 12.5 Å². The Bertz CT molecular complexity index is 1060. The number of aryl methyl sites for hydroxylation is 2. The minimum absolute atomic E-state index is 0.855. The zero-order chi connectivity index (χ0) is 20.2. The van der Waals surface area contributed by atoms with Crippen LogP contribution in [0.3, 0.4) is 0 Å². The minimum Gasteiger partial charge on any atom is -0.497 e. The van der Waals surface area contributed by atoms with Crippen molar-refractivity contribution in [2.75, 3.05) is 12.0 Å². The number of methoxy groups -OCH3 is 1. The average Bonchev–Trinajstić information content (AvgIpc) is 2.75. The predicted octanol–water partition coefficient (Wildman–Crippen LogP) is 7.45. The SMILES string of the molecule is COc1ccc(N(c2ccccc2)c2cc(C)c(-c3ccccc3)c(C)c2)cc1. The van der Waals surface area contributed by atoms with Crippen LogP contribution in [0.1, 0.15) is 11.1 Å². The van der Waals surface area contributed by atoms with Crippen LogP contribution in [0.15, 0.2) is 97.1 Å². The lowest BCUT2D eigenvalue weighted by molar-refractivity contribution is 0.415. The Morgan fingerprint density at radius 2 is 1.10 bits per heavy atom. The van der Waals surface area contributed by atoms with E-state index in [4.69, 9.17) is 4.74 Å². The predicted molar refractivity (Wildman–Crippen MR) is 123 cm³/mol. The van der Waals surface area contributed by atoms with E-state index in [1.807, 2.05) is 18.2 Å². The second kappa shape index (κ2) is 8.24. The van der Waals surface area contributed by atoms with Crippen LogP contribution < -0.4 is 9.64 Å². The van der Waals surface area contributed by atoms with E-state index < -0.39 is 0 Å². The van der Waals surface area contributed by atoms with Gasteiger partial charge in [-0.15, -0.1) is 0 Å². The van der Waals surface area contributed by atoms with Gasteiger partial charge < -0.3 is 9.64 Å². The number of hydrogen-bond acceptors (Lipinski definition) is 2. The summed E-state index contributed by atoms with van der Waals surface area (Å²) in [5.74, 6) is 0.855. The first-order chi connectivity index (χ1) is 14.2. The summed E-state index contributed by atoms with van der Waals surface area (Å²) in [4.78, 5) is 2.29. The molecule has 0 fully saturated rings. The first-order valence-electron chi connectivity index (χ1n) is 9.83. The van der Waals surface area contributed by atoms with Crippen molar-refractivity contribution in [3.63, 3.8) is 0 Å². The third-order valence-electron chi connectivity index (χ3n) is 5.18. The molecule has 0 saturated heterocycles. The van der Waals surface area contributed by atoms with Gasteiger partial charge in [0.05, 0.1) is 7.11 Å². The summed E-state index contributed by atoms with van der Waals surface area (Å²) in [5, 5.41) is 0. The molecular weight excluding hydrogens is 354 g/mol. The average molecular weight is 380 g/mol. The minimum atomic E-state index is 0.855. The fraction of sp³-hybridized carbons (Fsp3) is 0.111.